The summed E-state index contributed by atoms with van der Waals surface area (Å²) < 4.78 is 28.7. The van der Waals surface area contributed by atoms with Crippen molar-refractivity contribution in [1.82, 2.24) is 9.97 Å². The van der Waals surface area contributed by atoms with Gasteiger partial charge >= 0.3 is 6.61 Å². The highest BCUT2D eigenvalue weighted by Crippen LogP contribution is 2.19. The number of benzene rings is 2. The maximum absolute atomic E-state index is 12.2. The van der Waals surface area contributed by atoms with Crippen molar-refractivity contribution in [3.8, 4) is 17.1 Å². The maximum atomic E-state index is 12.2. The molecular formula is C23H22F2N2O. The summed E-state index contributed by atoms with van der Waals surface area (Å²) in [6.45, 7) is -0.640. The first kappa shape index (κ1) is 19.7. The number of nitrogens with zero attached hydrogens (tertiary/aromatic N) is 2. The first-order chi connectivity index (χ1) is 13.6. The van der Waals surface area contributed by atoms with Gasteiger partial charge in [0.1, 0.15) is 5.75 Å². The second-order valence-electron chi connectivity index (χ2n) is 6.42. The zero-order valence-corrected chi connectivity index (χ0v) is 15.7. The van der Waals surface area contributed by atoms with Gasteiger partial charge in [0.2, 0.25) is 0 Å². The van der Waals surface area contributed by atoms with Crippen LogP contribution < -0.4 is 4.74 Å². The van der Waals surface area contributed by atoms with Crippen LogP contribution in [0.25, 0.3) is 23.5 Å². The summed E-state index contributed by atoms with van der Waals surface area (Å²) in [5, 5.41) is 0. The third-order valence-electron chi connectivity index (χ3n) is 4.27. The van der Waals surface area contributed by atoms with E-state index < -0.39 is 6.61 Å². The van der Waals surface area contributed by atoms with Gasteiger partial charge in [-0.2, -0.15) is 8.78 Å². The van der Waals surface area contributed by atoms with E-state index in [1.54, 1.807) is 12.1 Å². The highest BCUT2D eigenvalue weighted by atomic mass is 19.3. The smallest absolute Gasteiger partial charge is 0.387 e. The summed E-state index contributed by atoms with van der Waals surface area (Å²) in [5.74, 6) is 0.864. The Morgan fingerprint density at radius 3 is 2.00 bits per heavy atom. The molecule has 0 N–H and O–H groups in total. The molecule has 1 aromatic heterocycles. The van der Waals surface area contributed by atoms with Crippen LogP contribution in [-0.4, -0.2) is 16.6 Å². The molecule has 0 saturated carbocycles. The lowest BCUT2D eigenvalue weighted by molar-refractivity contribution is -0.0498. The molecule has 3 nitrogen and oxygen atoms in total. The minimum atomic E-state index is -2.81. The van der Waals surface area contributed by atoms with Crippen LogP contribution in [0.1, 0.15) is 36.5 Å². The molecule has 2 aromatic carbocycles. The number of unbranched alkanes of at least 4 members (excludes halogenated alkanes) is 1. The van der Waals surface area contributed by atoms with Crippen LogP contribution in [0.3, 0.4) is 0 Å². The normalized spacial score (nSPS) is 11.3. The molecular weight excluding hydrogens is 358 g/mol. The summed E-state index contributed by atoms with van der Waals surface area (Å²) in [7, 11) is 0. The molecule has 3 aromatic rings. The number of halogens is 2. The number of aryl methyl sites for hydroxylation is 1. The van der Waals surface area contributed by atoms with E-state index >= 15 is 0 Å². The Hall–Kier alpha value is -3.08. The molecule has 0 saturated heterocycles. The zero-order chi connectivity index (χ0) is 19.8. The monoisotopic (exact) mass is 380 g/mol. The fourth-order valence-corrected chi connectivity index (χ4v) is 2.71. The van der Waals surface area contributed by atoms with Gasteiger partial charge in [-0.15, -0.1) is 0 Å². The highest BCUT2D eigenvalue weighted by Gasteiger charge is 2.03. The van der Waals surface area contributed by atoms with E-state index in [1.165, 1.54) is 12.1 Å². The molecule has 0 spiro atoms. The van der Waals surface area contributed by atoms with Gasteiger partial charge in [-0.1, -0.05) is 61.9 Å². The number of hydrogen-bond acceptors (Lipinski definition) is 3. The van der Waals surface area contributed by atoms with Gasteiger partial charge in [-0.25, -0.2) is 9.97 Å². The maximum Gasteiger partial charge on any atom is 0.387 e. The van der Waals surface area contributed by atoms with Crippen molar-refractivity contribution in [2.24, 2.45) is 0 Å². The highest BCUT2D eigenvalue weighted by molar-refractivity contribution is 5.71. The van der Waals surface area contributed by atoms with Crippen molar-refractivity contribution in [3.05, 3.63) is 77.6 Å². The molecule has 1 heterocycles. The Labute approximate surface area is 163 Å². The van der Waals surface area contributed by atoms with E-state index in [4.69, 9.17) is 0 Å². The molecule has 0 aliphatic heterocycles. The Balaban J connectivity index is 1.63. The Morgan fingerprint density at radius 1 is 0.893 bits per heavy atom. The topological polar surface area (TPSA) is 35.0 Å². The van der Waals surface area contributed by atoms with Crippen molar-refractivity contribution >= 4 is 12.2 Å². The summed E-state index contributed by atoms with van der Waals surface area (Å²) >= 11 is 0. The molecule has 0 atom stereocenters. The third kappa shape index (κ3) is 5.71. The standard InChI is InChI=1S/C23H22F2N2O/c1-2-3-4-19-15-26-22(27-16-19)20-11-7-17(8-12-20)5-6-18-9-13-21(14-10-18)28-23(24)25/h5-16,23H,2-4H2,1H3. The minimum absolute atomic E-state index is 0.150. The summed E-state index contributed by atoms with van der Waals surface area (Å²) in [6, 6.07) is 14.5. The molecule has 0 bridgehead atoms. The van der Waals surface area contributed by atoms with Crippen molar-refractivity contribution in [2.75, 3.05) is 0 Å². The number of ether oxygens (including phenoxy) is 1. The summed E-state index contributed by atoms with van der Waals surface area (Å²) in [6.07, 6.45) is 11.0. The molecule has 0 amide bonds. The van der Waals surface area contributed by atoms with E-state index in [-0.39, 0.29) is 5.75 Å². The van der Waals surface area contributed by atoms with Gasteiger partial charge in [-0.05, 0) is 41.7 Å². The van der Waals surface area contributed by atoms with Crippen LogP contribution in [0.15, 0.2) is 60.9 Å². The largest absolute Gasteiger partial charge is 0.435 e. The van der Waals surface area contributed by atoms with Crippen molar-refractivity contribution in [1.29, 1.82) is 0 Å². The van der Waals surface area contributed by atoms with Crippen LogP contribution in [0.5, 0.6) is 5.75 Å². The predicted octanol–water partition coefficient (Wildman–Crippen LogP) is 6.26. The summed E-state index contributed by atoms with van der Waals surface area (Å²) in [4.78, 5) is 8.92. The number of alkyl halides is 2. The average molecular weight is 380 g/mol. The van der Waals surface area contributed by atoms with Crippen molar-refractivity contribution in [3.63, 3.8) is 0 Å². The molecule has 0 fully saturated rings. The van der Waals surface area contributed by atoms with E-state index in [1.807, 2.05) is 48.8 Å². The van der Waals surface area contributed by atoms with Crippen molar-refractivity contribution < 1.29 is 13.5 Å². The van der Waals surface area contributed by atoms with Crippen molar-refractivity contribution in [2.45, 2.75) is 32.8 Å². The Kier molecular flexibility index (Phi) is 6.84. The quantitative estimate of drug-likeness (QED) is 0.433. The van der Waals surface area contributed by atoms with E-state index in [9.17, 15) is 8.78 Å². The number of aromatic nitrogens is 2. The third-order valence-corrected chi connectivity index (χ3v) is 4.27. The lowest BCUT2D eigenvalue weighted by Crippen LogP contribution is -2.01. The second-order valence-corrected chi connectivity index (χ2v) is 6.42. The zero-order valence-electron chi connectivity index (χ0n) is 15.7. The fraction of sp³-hybridized carbons (Fsp3) is 0.217. The minimum Gasteiger partial charge on any atom is -0.435 e. The van der Waals surface area contributed by atoms with Crippen LogP contribution in [-0.2, 0) is 6.42 Å². The number of hydrogen-bond donors (Lipinski definition) is 0. The SMILES string of the molecule is CCCCc1cnc(-c2ccc(C=Cc3ccc(OC(F)F)cc3)cc2)nc1. The van der Waals surface area contributed by atoms with Gasteiger partial charge in [0.15, 0.2) is 5.82 Å². The van der Waals surface area contributed by atoms with Crippen LogP contribution in [0.2, 0.25) is 0 Å². The molecule has 0 aliphatic rings. The van der Waals surface area contributed by atoms with Gasteiger partial charge in [-0.3, -0.25) is 0 Å². The van der Waals surface area contributed by atoms with Crippen LogP contribution >= 0.6 is 0 Å². The van der Waals surface area contributed by atoms with E-state index in [0.717, 1.165) is 41.5 Å². The molecule has 3 rings (SSSR count). The van der Waals surface area contributed by atoms with Gasteiger partial charge in [0, 0.05) is 18.0 Å². The fourth-order valence-electron chi connectivity index (χ4n) is 2.71. The molecule has 5 heteroatoms. The van der Waals surface area contributed by atoms with Gasteiger partial charge < -0.3 is 4.74 Å². The van der Waals surface area contributed by atoms with E-state index in [2.05, 4.69) is 21.6 Å². The molecule has 0 unspecified atom stereocenters. The number of rotatable bonds is 8. The first-order valence-corrected chi connectivity index (χ1v) is 9.28. The Bertz CT molecular complexity index is 889. The van der Waals surface area contributed by atoms with Crippen LogP contribution in [0.4, 0.5) is 8.78 Å². The lowest BCUT2D eigenvalue weighted by Gasteiger charge is -2.04. The Morgan fingerprint density at radius 2 is 1.46 bits per heavy atom. The molecule has 144 valence electrons. The predicted molar refractivity (Wildman–Crippen MR) is 108 cm³/mol. The average Bonchev–Trinajstić information content (AvgIpc) is 2.72. The summed E-state index contributed by atoms with van der Waals surface area (Å²) in [5.41, 5.74) is 4.05. The molecule has 28 heavy (non-hydrogen) atoms. The molecule has 0 aliphatic carbocycles. The second kappa shape index (κ2) is 9.74. The van der Waals surface area contributed by atoms with Gasteiger partial charge in [0.25, 0.3) is 0 Å². The van der Waals surface area contributed by atoms with E-state index in [0.29, 0.717) is 5.82 Å². The van der Waals surface area contributed by atoms with Gasteiger partial charge in [0.05, 0.1) is 0 Å². The van der Waals surface area contributed by atoms with Crippen LogP contribution in [0, 0.1) is 0 Å². The lowest BCUT2D eigenvalue weighted by atomic mass is 10.1. The first-order valence-electron chi connectivity index (χ1n) is 9.28. The molecule has 0 radical (unpaired) electrons.